The van der Waals surface area contributed by atoms with Crippen LogP contribution < -0.4 is 21.3 Å². The van der Waals surface area contributed by atoms with Crippen molar-refractivity contribution < 1.29 is 38.2 Å². The summed E-state index contributed by atoms with van der Waals surface area (Å²) in [4.78, 5) is 77.3. The summed E-state index contributed by atoms with van der Waals surface area (Å²) in [6.45, 7) is 10.6. The van der Waals surface area contributed by atoms with Gasteiger partial charge in [-0.05, 0) is 61.8 Å². The van der Waals surface area contributed by atoms with E-state index in [0.717, 1.165) is 0 Å². The Morgan fingerprint density at radius 3 is 1.17 bits per heavy atom. The molecule has 2 aromatic carbocycles. The Kier molecular flexibility index (Phi) is 14.4. The highest BCUT2D eigenvalue weighted by molar-refractivity contribution is 6.08. The minimum atomic E-state index is -0.950. The van der Waals surface area contributed by atoms with E-state index in [1.165, 1.54) is 28.1 Å². The molecule has 0 saturated carbocycles. The average Bonchev–Trinajstić information content (AvgIpc) is 3.02. The standard InChI is InChI=1S/C34H46N4O8/c1-19(2)17-27(31(41)35-21(5)33(43)45-7)37-29(39)25-15-11-9-13-23(25)24-14-10-12-16-26(24)30(40)38-28(18-20(3)4)32(42)36-22(6)34(44)46-8/h9-16,19-22,27-28H,17-18H2,1-8H3,(H,35,41)(H,36,42)(H,37,39)(H,38,40)/t21-,22-,27-,28-/m0/s1. The fourth-order valence-corrected chi connectivity index (χ4v) is 4.81. The van der Waals surface area contributed by atoms with E-state index in [4.69, 9.17) is 9.47 Å². The number of carbonyl (C=O) groups is 6. The summed E-state index contributed by atoms with van der Waals surface area (Å²) >= 11 is 0. The lowest BCUT2D eigenvalue weighted by molar-refractivity contribution is -0.145. The Labute approximate surface area is 270 Å². The van der Waals surface area contributed by atoms with Gasteiger partial charge in [-0.2, -0.15) is 0 Å². The Balaban J connectivity index is 2.41. The molecule has 250 valence electrons. The molecule has 4 amide bonds. The van der Waals surface area contributed by atoms with Gasteiger partial charge in [0.1, 0.15) is 24.2 Å². The van der Waals surface area contributed by atoms with E-state index in [1.807, 2.05) is 27.7 Å². The van der Waals surface area contributed by atoms with Crippen molar-refractivity contribution in [1.29, 1.82) is 0 Å². The summed E-state index contributed by atoms with van der Waals surface area (Å²) in [7, 11) is 2.44. The second-order valence-electron chi connectivity index (χ2n) is 11.9. The SMILES string of the molecule is COC(=O)[C@H](C)NC(=O)[C@H](CC(C)C)NC(=O)c1ccccc1-c1ccccc1C(=O)N[C@@H](CC(C)C)C(=O)N[C@@H](C)C(=O)OC. The fraction of sp³-hybridized carbons (Fsp3) is 0.471. The molecule has 12 nitrogen and oxygen atoms in total. The van der Waals surface area contributed by atoms with E-state index >= 15 is 0 Å². The summed E-state index contributed by atoms with van der Waals surface area (Å²) in [5.74, 6) is -3.33. The molecule has 0 aliphatic carbocycles. The van der Waals surface area contributed by atoms with Crippen LogP contribution in [0.3, 0.4) is 0 Å². The molecule has 0 fully saturated rings. The van der Waals surface area contributed by atoms with Gasteiger partial charge in [0, 0.05) is 11.1 Å². The number of methoxy groups -OCH3 is 2. The number of benzene rings is 2. The zero-order valence-corrected chi connectivity index (χ0v) is 27.8. The third kappa shape index (κ3) is 10.7. The number of hydrogen-bond acceptors (Lipinski definition) is 8. The Hall–Kier alpha value is -4.74. The minimum Gasteiger partial charge on any atom is -0.467 e. The second-order valence-corrected chi connectivity index (χ2v) is 11.9. The number of rotatable bonds is 15. The smallest absolute Gasteiger partial charge is 0.328 e. The van der Waals surface area contributed by atoms with Crippen LogP contribution in [0.1, 0.15) is 75.1 Å². The van der Waals surface area contributed by atoms with E-state index in [-0.39, 0.29) is 23.0 Å². The summed E-state index contributed by atoms with van der Waals surface area (Å²) < 4.78 is 9.38. The Morgan fingerprint density at radius 1 is 0.543 bits per heavy atom. The number of carbonyl (C=O) groups excluding carboxylic acids is 6. The molecule has 0 heterocycles. The van der Waals surface area contributed by atoms with Crippen molar-refractivity contribution in [2.24, 2.45) is 11.8 Å². The van der Waals surface area contributed by atoms with Crippen molar-refractivity contribution in [3.63, 3.8) is 0 Å². The topological polar surface area (TPSA) is 169 Å². The van der Waals surface area contributed by atoms with Gasteiger partial charge in [-0.3, -0.25) is 19.2 Å². The predicted molar refractivity (Wildman–Crippen MR) is 173 cm³/mol. The molecule has 12 heteroatoms. The second kappa shape index (κ2) is 17.7. The third-order valence-corrected chi connectivity index (χ3v) is 7.12. The van der Waals surface area contributed by atoms with Gasteiger partial charge in [0.05, 0.1) is 14.2 Å². The third-order valence-electron chi connectivity index (χ3n) is 7.12. The van der Waals surface area contributed by atoms with E-state index in [0.29, 0.717) is 24.0 Å². The van der Waals surface area contributed by atoms with E-state index < -0.39 is 59.7 Å². The highest BCUT2D eigenvalue weighted by Gasteiger charge is 2.29. The van der Waals surface area contributed by atoms with Crippen LogP contribution in [0.2, 0.25) is 0 Å². The van der Waals surface area contributed by atoms with Crippen molar-refractivity contribution in [2.75, 3.05) is 14.2 Å². The van der Waals surface area contributed by atoms with Crippen molar-refractivity contribution in [2.45, 2.75) is 78.6 Å². The predicted octanol–water partition coefficient (Wildman–Crippen LogP) is 3.00. The molecule has 0 aliphatic heterocycles. The minimum absolute atomic E-state index is 0.0377. The molecule has 0 spiro atoms. The summed E-state index contributed by atoms with van der Waals surface area (Å²) in [6, 6.07) is 9.62. The molecular formula is C34H46N4O8. The Morgan fingerprint density at radius 2 is 0.870 bits per heavy atom. The van der Waals surface area contributed by atoms with Crippen LogP contribution in [0.4, 0.5) is 0 Å². The molecule has 4 N–H and O–H groups in total. The van der Waals surface area contributed by atoms with Crippen LogP contribution in [0.25, 0.3) is 11.1 Å². The lowest BCUT2D eigenvalue weighted by Crippen LogP contribution is -2.51. The lowest BCUT2D eigenvalue weighted by atomic mass is 9.93. The monoisotopic (exact) mass is 638 g/mol. The first-order valence-corrected chi connectivity index (χ1v) is 15.3. The molecular weight excluding hydrogens is 592 g/mol. The molecule has 0 aliphatic rings. The van der Waals surface area contributed by atoms with Gasteiger partial charge in [0.25, 0.3) is 11.8 Å². The lowest BCUT2D eigenvalue weighted by Gasteiger charge is -2.23. The van der Waals surface area contributed by atoms with Gasteiger partial charge < -0.3 is 30.7 Å². The number of nitrogens with one attached hydrogen (secondary N) is 4. The van der Waals surface area contributed by atoms with Crippen LogP contribution in [0.5, 0.6) is 0 Å². The maximum atomic E-state index is 13.7. The van der Waals surface area contributed by atoms with E-state index in [9.17, 15) is 28.8 Å². The van der Waals surface area contributed by atoms with Gasteiger partial charge >= 0.3 is 11.9 Å². The van der Waals surface area contributed by atoms with Crippen LogP contribution in [-0.4, -0.2) is 74.0 Å². The molecule has 2 rings (SSSR count). The molecule has 0 radical (unpaired) electrons. The van der Waals surface area contributed by atoms with Crippen LogP contribution in [0, 0.1) is 11.8 Å². The number of esters is 2. The average molecular weight is 639 g/mol. The molecule has 46 heavy (non-hydrogen) atoms. The van der Waals surface area contributed by atoms with Gasteiger partial charge in [-0.15, -0.1) is 0 Å². The summed E-state index contributed by atoms with van der Waals surface area (Å²) in [6.07, 6.45) is 0.612. The normalized spacial score (nSPS) is 13.5. The maximum absolute atomic E-state index is 13.7. The van der Waals surface area contributed by atoms with Crippen LogP contribution in [0.15, 0.2) is 48.5 Å². The van der Waals surface area contributed by atoms with Crippen molar-refractivity contribution in [3.05, 3.63) is 59.7 Å². The first-order chi connectivity index (χ1) is 21.7. The summed E-state index contributed by atoms with van der Waals surface area (Å²) in [5.41, 5.74) is 1.30. The largest absolute Gasteiger partial charge is 0.467 e. The molecule has 0 unspecified atom stereocenters. The molecule has 0 bridgehead atoms. The fourth-order valence-electron chi connectivity index (χ4n) is 4.81. The van der Waals surface area contributed by atoms with Gasteiger partial charge in [0.2, 0.25) is 11.8 Å². The van der Waals surface area contributed by atoms with Gasteiger partial charge in [-0.25, -0.2) is 9.59 Å². The molecule has 4 atom stereocenters. The number of amides is 4. The Bertz CT molecular complexity index is 1300. The van der Waals surface area contributed by atoms with Gasteiger partial charge in [-0.1, -0.05) is 64.1 Å². The van der Waals surface area contributed by atoms with E-state index in [2.05, 4.69) is 21.3 Å². The van der Waals surface area contributed by atoms with E-state index in [1.54, 1.807) is 48.5 Å². The van der Waals surface area contributed by atoms with Gasteiger partial charge in [0.15, 0.2) is 0 Å². The molecule has 0 aromatic heterocycles. The zero-order chi connectivity index (χ0) is 34.6. The number of hydrogen-bond donors (Lipinski definition) is 4. The highest BCUT2D eigenvalue weighted by atomic mass is 16.5. The zero-order valence-electron chi connectivity index (χ0n) is 27.8. The molecule has 2 aromatic rings. The highest BCUT2D eigenvalue weighted by Crippen LogP contribution is 2.28. The number of ether oxygens (including phenoxy) is 2. The quantitative estimate of drug-likeness (QED) is 0.216. The van der Waals surface area contributed by atoms with Crippen LogP contribution in [-0.2, 0) is 28.7 Å². The van der Waals surface area contributed by atoms with Crippen molar-refractivity contribution >= 4 is 35.6 Å². The molecule has 0 saturated heterocycles. The first-order valence-electron chi connectivity index (χ1n) is 15.3. The summed E-state index contributed by atoms with van der Waals surface area (Å²) in [5, 5.41) is 10.8. The van der Waals surface area contributed by atoms with Crippen molar-refractivity contribution in [3.8, 4) is 11.1 Å². The van der Waals surface area contributed by atoms with Crippen molar-refractivity contribution in [1.82, 2.24) is 21.3 Å². The first kappa shape index (κ1) is 37.4. The van der Waals surface area contributed by atoms with Crippen LogP contribution >= 0.6 is 0 Å². The maximum Gasteiger partial charge on any atom is 0.328 e.